The van der Waals surface area contributed by atoms with E-state index in [4.69, 9.17) is 0 Å². The van der Waals surface area contributed by atoms with Crippen molar-refractivity contribution in [3.63, 3.8) is 0 Å². The molecular weight excluding hydrogens is 257 g/mol. The van der Waals surface area contributed by atoms with Gasteiger partial charge in [-0.15, -0.1) is 0 Å². The summed E-state index contributed by atoms with van der Waals surface area (Å²) < 4.78 is 14.2. The molecule has 1 aromatic rings. The Morgan fingerprint density at radius 2 is 2.00 bits per heavy atom. The molecule has 1 heterocycles. The predicted octanol–water partition coefficient (Wildman–Crippen LogP) is 4.16. The van der Waals surface area contributed by atoms with E-state index in [2.05, 4.69) is 20.9 Å². The van der Waals surface area contributed by atoms with Crippen LogP contribution >= 0.6 is 15.9 Å². The number of pyridine rings is 1. The number of hydrogen-bond acceptors (Lipinski definition) is 1. The van der Waals surface area contributed by atoms with Crippen molar-refractivity contribution in [3.8, 4) is 0 Å². The highest BCUT2D eigenvalue weighted by Crippen LogP contribution is 2.41. The first-order chi connectivity index (χ1) is 6.89. The van der Waals surface area contributed by atoms with Crippen LogP contribution in [0.2, 0.25) is 0 Å². The van der Waals surface area contributed by atoms with Crippen LogP contribution in [0.25, 0.3) is 0 Å². The second-order valence-electron chi connectivity index (χ2n) is 5.22. The molecule has 0 N–H and O–H groups in total. The Hall–Kier alpha value is -0.440. The molecule has 0 amide bonds. The van der Waals surface area contributed by atoms with Crippen molar-refractivity contribution in [2.45, 2.75) is 44.9 Å². The van der Waals surface area contributed by atoms with Gasteiger partial charge >= 0.3 is 0 Å². The number of nitrogens with zero attached hydrogens (tertiary/aromatic N) is 1. The normalized spacial score (nSPS) is 16.9. The molecule has 0 aliphatic heterocycles. The smallest absolute Gasteiger partial charge is 0.159 e. The molecule has 1 aromatic heterocycles. The van der Waals surface area contributed by atoms with Gasteiger partial charge in [0.2, 0.25) is 0 Å². The van der Waals surface area contributed by atoms with Gasteiger partial charge in [-0.25, -0.2) is 9.37 Å². The first kappa shape index (κ1) is 11.1. The molecule has 1 nitrogen and oxygen atoms in total. The van der Waals surface area contributed by atoms with Crippen molar-refractivity contribution in [1.82, 2.24) is 4.98 Å². The molecule has 1 aliphatic carbocycles. The summed E-state index contributed by atoms with van der Waals surface area (Å²) >= 11 is 3.20. The van der Waals surface area contributed by atoms with Crippen LogP contribution in [0.4, 0.5) is 4.39 Å². The molecule has 0 spiro atoms. The second kappa shape index (κ2) is 3.55. The number of halogens is 2. The third-order valence-electron chi connectivity index (χ3n) is 2.74. The van der Waals surface area contributed by atoms with E-state index in [0.717, 1.165) is 11.3 Å². The Kier molecular flexibility index (Phi) is 2.61. The highest BCUT2D eigenvalue weighted by Gasteiger charge is 2.29. The molecule has 0 aromatic carbocycles. The lowest BCUT2D eigenvalue weighted by Gasteiger charge is -2.21. The van der Waals surface area contributed by atoms with E-state index in [1.165, 1.54) is 12.8 Å². The van der Waals surface area contributed by atoms with Gasteiger partial charge in [-0.05, 0) is 45.8 Å². The summed E-state index contributed by atoms with van der Waals surface area (Å²) in [6.45, 7) is 6.07. The van der Waals surface area contributed by atoms with Crippen molar-refractivity contribution in [3.05, 3.63) is 27.7 Å². The van der Waals surface area contributed by atoms with E-state index in [0.29, 0.717) is 10.5 Å². The Morgan fingerprint density at radius 1 is 1.40 bits per heavy atom. The lowest BCUT2D eigenvalue weighted by molar-refractivity contribution is 0.512. The molecular formula is C12H15BrFN. The van der Waals surface area contributed by atoms with E-state index < -0.39 is 0 Å². The second-order valence-corrected chi connectivity index (χ2v) is 5.97. The summed E-state index contributed by atoms with van der Waals surface area (Å²) in [6.07, 6.45) is 2.38. The summed E-state index contributed by atoms with van der Waals surface area (Å²) in [5.41, 5.74) is 1.62. The number of aromatic nitrogens is 1. The summed E-state index contributed by atoms with van der Waals surface area (Å²) in [6, 6.07) is 1.93. The quantitative estimate of drug-likeness (QED) is 0.699. The summed E-state index contributed by atoms with van der Waals surface area (Å²) in [7, 11) is 0. The minimum absolute atomic E-state index is 0.167. The van der Waals surface area contributed by atoms with Gasteiger partial charge in [-0.3, -0.25) is 0 Å². The Balaban J connectivity index is 2.52. The van der Waals surface area contributed by atoms with Gasteiger partial charge in [0.25, 0.3) is 0 Å². The average Bonchev–Trinajstić information content (AvgIpc) is 2.90. The van der Waals surface area contributed by atoms with Gasteiger partial charge in [0.1, 0.15) is 4.60 Å². The zero-order chi connectivity index (χ0) is 11.2. The standard InChI is InChI=1S/C12H15BrFN/c1-12(2,3)8-6-9(7-4-5-7)15-11(13)10(8)14/h6-7H,4-5H2,1-3H3. The van der Waals surface area contributed by atoms with Crippen molar-refractivity contribution < 1.29 is 4.39 Å². The zero-order valence-electron chi connectivity index (χ0n) is 9.27. The third-order valence-corrected chi connectivity index (χ3v) is 3.27. The molecule has 2 rings (SSSR count). The molecule has 0 saturated heterocycles. The summed E-state index contributed by atoms with van der Waals surface area (Å²) in [5.74, 6) is 0.342. The first-order valence-corrected chi connectivity index (χ1v) is 6.05. The Bertz CT molecular complexity index is 391. The average molecular weight is 272 g/mol. The molecule has 15 heavy (non-hydrogen) atoms. The molecule has 0 radical (unpaired) electrons. The molecule has 1 saturated carbocycles. The van der Waals surface area contributed by atoms with Crippen LogP contribution in [0.3, 0.4) is 0 Å². The largest absolute Gasteiger partial charge is 0.243 e. The van der Waals surface area contributed by atoms with E-state index in [1.807, 2.05) is 26.8 Å². The van der Waals surface area contributed by atoms with Gasteiger partial charge < -0.3 is 0 Å². The number of rotatable bonds is 1. The maximum atomic E-state index is 13.9. The molecule has 82 valence electrons. The fraction of sp³-hybridized carbons (Fsp3) is 0.583. The van der Waals surface area contributed by atoms with Crippen molar-refractivity contribution in [2.24, 2.45) is 0 Å². The lowest BCUT2D eigenvalue weighted by Crippen LogP contribution is -2.15. The SMILES string of the molecule is CC(C)(C)c1cc(C2CC2)nc(Br)c1F. The van der Waals surface area contributed by atoms with E-state index in [9.17, 15) is 4.39 Å². The molecule has 3 heteroatoms. The monoisotopic (exact) mass is 271 g/mol. The highest BCUT2D eigenvalue weighted by atomic mass is 79.9. The van der Waals surface area contributed by atoms with Gasteiger partial charge in [-0.2, -0.15) is 0 Å². The minimum Gasteiger partial charge on any atom is -0.243 e. The van der Waals surface area contributed by atoms with Gasteiger partial charge in [0.15, 0.2) is 5.82 Å². The van der Waals surface area contributed by atoms with E-state index in [-0.39, 0.29) is 11.2 Å². The van der Waals surface area contributed by atoms with Crippen molar-refractivity contribution in [2.75, 3.05) is 0 Å². The van der Waals surface area contributed by atoms with Crippen molar-refractivity contribution >= 4 is 15.9 Å². The van der Waals surface area contributed by atoms with Gasteiger partial charge in [-0.1, -0.05) is 20.8 Å². The third kappa shape index (κ3) is 2.22. The maximum absolute atomic E-state index is 13.9. The van der Waals surface area contributed by atoms with Gasteiger partial charge in [0.05, 0.1) is 0 Å². The molecule has 0 unspecified atom stereocenters. The highest BCUT2D eigenvalue weighted by molar-refractivity contribution is 9.10. The van der Waals surface area contributed by atoms with Crippen molar-refractivity contribution in [1.29, 1.82) is 0 Å². The lowest BCUT2D eigenvalue weighted by atomic mass is 9.86. The first-order valence-electron chi connectivity index (χ1n) is 5.26. The van der Waals surface area contributed by atoms with E-state index in [1.54, 1.807) is 0 Å². The van der Waals surface area contributed by atoms with Crippen LogP contribution in [0, 0.1) is 5.82 Å². The van der Waals surface area contributed by atoms with Crippen LogP contribution in [-0.2, 0) is 5.41 Å². The topological polar surface area (TPSA) is 12.9 Å². The van der Waals surface area contributed by atoms with Crippen LogP contribution in [0.5, 0.6) is 0 Å². The fourth-order valence-electron chi connectivity index (χ4n) is 1.65. The van der Waals surface area contributed by atoms with Gasteiger partial charge in [0, 0.05) is 11.6 Å². The van der Waals surface area contributed by atoms with Crippen LogP contribution in [0.1, 0.15) is 50.8 Å². The van der Waals surface area contributed by atoms with Crippen LogP contribution in [0.15, 0.2) is 10.7 Å². The maximum Gasteiger partial charge on any atom is 0.159 e. The summed E-state index contributed by atoms with van der Waals surface area (Å²) in [4.78, 5) is 4.25. The zero-order valence-corrected chi connectivity index (χ0v) is 10.9. The predicted molar refractivity (Wildman–Crippen MR) is 62.6 cm³/mol. The fourth-order valence-corrected chi connectivity index (χ4v) is 2.07. The summed E-state index contributed by atoms with van der Waals surface area (Å²) in [5, 5.41) is 0. The minimum atomic E-state index is -0.216. The molecule has 1 fully saturated rings. The molecule has 1 aliphatic rings. The molecule has 0 bridgehead atoms. The van der Waals surface area contributed by atoms with Crippen LogP contribution in [-0.4, -0.2) is 4.98 Å². The Labute approximate surface area is 98.2 Å². The molecule has 0 atom stereocenters. The van der Waals surface area contributed by atoms with E-state index >= 15 is 0 Å². The number of hydrogen-bond donors (Lipinski definition) is 0. The van der Waals surface area contributed by atoms with Crippen LogP contribution < -0.4 is 0 Å². The Morgan fingerprint density at radius 3 is 2.47 bits per heavy atom.